The zero-order valence-corrected chi connectivity index (χ0v) is 11.7. The van der Waals surface area contributed by atoms with Crippen molar-refractivity contribution in [1.82, 2.24) is 5.32 Å². The molecule has 1 N–H and O–H groups in total. The number of fused-ring (bicyclic) bond motifs is 1. The molecule has 2 heteroatoms. The van der Waals surface area contributed by atoms with E-state index in [1.165, 1.54) is 23.6 Å². The Labute approximate surface area is 115 Å². The highest BCUT2D eigenvalue weighted by Gasteiger charge is 2.00. The van der Waals surface area contributed by atoms with Gasteiger partial charge in [0, 0.05) is 5.39 Å². The smallest absolute Gasteiger partial charge is 0.127 e. The second kappa shape index (κ2) is 7.80. The Balaban J connectivity index is 1.78. The van der Waals surface area contributed by atoms with Crippen molar-refractivity contribution >= 4 is 10.8 Å². The number of nitrogens with one attached hydrogen (secondary N) is 1. The van der Waals surface area contributed by atoms with Gasteiger partial charge in [-0.1, -0.05) is 49.7 Å². The first-order chi connectivity index (χ1) is 9.42. The average molecular weight is 257 g/mol. The molecule has 0 radical (unpaired) electrons. The minimum atomic E-state index is 0.771. The van der Waals surface area contributed by atoms with E-state index in [-0.39, 0.29) is 0 Å². The van der Waals surface area contributed by atoms with Gasteiger partial charge in [0.05, 0.1) is 6.61 Å². The second-order valence-electron chi connectivity index (χ2n) is 4.78. The summed E-state index contributed by atoms with van der Waals surface area (Å²) in [7, 11) is 0. The number of unbranched alkanes of at least 4 members (excludes halogenated alkanes) is 1. The van der Waals surface area contributed by atoms with E-state index < -0.39 is 0 Å². The highest BCUT2D eigenvalue weighted by Crippen LogP contribution is 2.24. The summed E-state index contributed by atoms with van der Waals surface area (Å²) in [5, 5.41) is 5.86. The Morgan fingerprint density at radius 1 is 0.947 bits per heavy atom. The topological polar surface area (TPSA) is 21.3 Å². The van der Waals surface area contributed by atoms with E-state index in [4.69, 9.17) is 4.74 Å². The number of benzene rings is 2. The molecular weight excluding hydrogens is 234 g/mol. The molecule has 0 heterocycles. The summed E-state index contributed by atoms with van der Waals surface area (Å²) in [4.78, 5) is 0. The lowest BCUT2D eigenvalue weighted by Crippen LogP contribution is -2.18. The zero-order chi connectivity index (χ0) is 13.3. The third-order valence-corrected chi connectivity index (χ3v) is 3.21. The minimum absolute atomic E-state index is 0.771. The maximum absolute atomic E-state index is 5.89. The third-order valence-electron chi connectivity index (χ3n) is 3.21. The molecule has 0 atom stereocenters. The van der Waals surface area contributed by atoms with Crippen LogP contribution in [0.2, 0.25) is 0 Å². The standard InChI is InChI=1S/C17H23NO/c1-2-3-12-18-13-7-14-19-17-11-6-9-15-8-4-5-10-16(15)17/h4-6,8-11,18H,2-3,7,12-14H2,1H3. The maximum atomic E-state index is 5.89. The molecule has 0 aromatic heterocycles. The van der Waals surface area contributed by atoms with Crippen molar-refractivity contribution in [2.24, 2.45) is 0 Å². The molecule has 2 aromatic rings. The molecule has 19 heavy (non-hydrogen) atoms. The van der Waals surface area contributed by atoms with Crippen LogP contribution in [0.15, 0.2) is 42.5 Å². The van der Waals surface area contributed by atoms with Gasteiger partial charge in [-0.2, -0.15) is 0 Å². The molecule has 2 aromatic carbocycles. The van der Waals surface area contributed by atoms with Crippen LogP contribution < -0.4 is 10.1 Å². The first-order valence-corrected chi connectivity index (χ1v) is 7.23. The van der Waals surface area contributed by atoms with Crippen LogP contribution in [0.1, 0.15) is 26.2 Å². The molecule has 2 rings (SSSR count). The lowest BCUT2D eigenvalue weighted by molar-refractivity contribution is 0.311. The lowest BCUT2D eigenvalue weighted by atomic mass is 10.1. The van der Waals surface area contributed by atoms with E-state index in [0.29, 0.717) is 0 Å². The molecule has 0 bridgehead atoms. The molecule has 0 aliphatic rings. The molecule has 0 saturated carbocycles. The molecule has 0 aliphatic heterocycles. The van der Waals surface area contributed by atoms with Crippen molar-refractivity contribution in [1.29, 1.82) is 0 Å². The van der Waals surface area contributed by atoms with Crippen molar-refractivity contribution in [3.05, 3.63) is 42.5 Å². The Morgan fingerprint density at radius 3 is 2.63 bits per heavy atom. The quantitative estimate of drug-likeness (QED) is 0.722. The van der Waals surface area contributed by atoms with Gasteiger partial charge in [-0.3, -0.25) is 0 Å². The summed E-state index contributed by atoms with van der Waals surface area (Å²) in [5.74, 6) is 0.992. The van der Waals surface area contributed by atoms with E-state index in [1.54, 1.807) is 0 Å². The average Bonchev–Trinajstić information content (AvgIpc) is 2.46. The fourth-order valence-corrected chi connectivity index (χ4v) is 2.13. The SMILES string of the molecule is CCCCNCCCOc1cccc2ccccc12. The number of hydrogen-bond acceptors (Lipinski definition) is 2. The van der Waals surface area contributed by atoms with Gasteiger partial charge in [-0.25, -0.2) is 0 Å². The minimum Gasteiger partial charge on any atom is -0.493 e. The third kappa shape index (κ3) is 4.25. The van der Waals surface area contributed by atoms with E-state index in [1.807, 2.05) is 6.07 Å². The highest BCUT2D eigenvalue weighted by molar-refractivity contribution is 5.88. The summed E-state index contributed by atoms with van der Waals surface area (Å²) in [6, 6.07) is 14.6. The molecule has 0 fully saturated rings. The van der Waals surface area contributed by atoms with Gasteiger partial charge >= 0.3 is 0 Å². The second-order valence-corrected chi connectivity index (χ2v) is 4.78. The molecule has 2 nitrogen and oxygen atoms in total. The van der Waals surface area contributed by atoms with E-state index in [0.717, 1.165) is 31.9 Å². The van der Waals surface area contributed by atoms with Crippen LogP contribution in [-0.4, -0.2) is 19.7 Å². The summed E-state index contributed by atoms with van der Waals surface area (Å²) < 4.78 is 5.89. The van der Waals surface area contributed by atoms with Crippen LogP contribution in [0.5, 0.6) is 5.75 Å². The fraction of sp³-hybridized carbons (Fsp3) is 0.412. The predicted molar refractivity (Wildman–Crippen MR) is 81.8 cm³/mol. The normalized spacial score (nSPS) is 10.8. The van der Waals surface area contributed by atoms with Crippen LogP contribution in [0.4, 0.5) is 0 Å². The molecule has 102 valence electrons. The van der Waals surface area contributed by atoms with Crippen LogP contribution in [-0.2, 0) is 0 Å². The highest BCUT2D eigenvalue weighted by atomic mass is 16.5. The zero-order valence-electron chi connectivity index (χ0n) is 11.7. The van der Waals surface area contributed by atoms with Crippen LogP contribution in [0, 0.1) is 0 Å². The van der Waals surface area contributed by atoms with Gasteiger partial charge < -0.3 is 10.1 Å². The fourth-order valence-electron chi connectivity index (χ4n) is 2.13. The van der Waals surface area contributed by atoms with Crippen molar-refractivity contribution in [3.63, 3.8) is 0 Å². The van der Waals surface area contributed by atoms with Gasteiger partial charge in [0.25, 0.3) is 0 Å². The van der Waals surface area contributed by atoms with Crippen molar-refractivity contribution in [2.75, 3.05) is 19.7 Å². The Bertz CT molecular complexity index is 490. The number of hydrogen-bond donors (Lipinski definition) is 1. The van der Waals surface area contributed by atoms with Crippen molar-refractivity contribution < 1.29 is 4.74 Å². The number of rotatable bonds is 8. The Kier molecular flexibility index (Phi) is 5.70. The summed E-state index contributed by atoms with van der Waals surface area (Å²) >= 11 is 0. The van der Waals surface area contributed by atoms with Gasteiger partial charge in [0.1, 0.15) is 5.75 Å². The van der Waals surface area contributed by atoms with Gasteiger partial charge in [0.15, 0.2) is 0 Å². The van der Waals surface area contributed by atoms with E-state index in [2.05, 4.69) is 48.6 Å². The largest absolute Gasteiger partial charge is 0.493 e. The Hall–Kier alpha value is -1.54. The Morgan fingerprint density at radius 2 is 1.74 bits per heavy atom. The summed E-state index contributed by atoms with van der Waals surface area (Å²) in [6.45, 7) is 5.13. The van der Waals surface area contributed by atoms with Crippen molar-refractivity contribution in [2.45, 2.75) is 26.2 Å². The van der Waals surface area contributed by atoms with Gasteiger partial charge in [-0.15, -0.1) is 0 Å². The van der Waals surface area contributed by atoms with E-state index >= 15 is 0 Å². The van der Waals surface area contributed by atoms with Crippen molar-refractivity contribution in [3.8, 4) is 5.75 Å². The van der Waals surface area contributed by atoms with Crippen LogP contribution in [0.25, 0.3) is 10.8 Å². The molecular formula is C17H23NO. The monoisotopic (exact) mass is 257 g/mol. The van der Waals surface area contributed by atoms with Crippen LogP contribution in [0.3, 0.4) is 0 Å². The maximum Gasteiger partial charge on any atom is 0.127 e. The number of ether oxygens (including phenoxy) is 1. The van der Waals surface area contributed by atoms with Crippen LogP contribution >= 0.6 is 0 Å². The molecule has 0 amide bonds. The summed E-state index contributed by atoms with van der Waals surface area (Å²) in [6.07, 6.45) is 3.55. The molecule has 0 spiro atoms. The first kappa shape index (κ1) is 13.9. The molecule has 0 unspecified atom stereocenters. The lowest BCUT2D eigenvalue weighted by Gasteiger charge is -2.09. The first-order valence-electron chi connectivity index (χ1n) is 7.23. The van der Waals surface area contributed by atoms with Gasteiger partial charge in [-0.05, 0) is 37.4 Å². The molecule has 0 aliphatic carbocycles. The molecule has 0 saturated heterocycles. The predicted octanol–water partition coefficient (Wildman–Crippen LogP) is 4.00. The van der Waals surface area contributed by atoms with E-state index in [9.17, 15) is 0 Å². The summed E-state index contributed by atoms with van der Waals surface area (Å²) in [5.41, 5.74) is 0. The van der Waals surface area contributed by atoms with Gasteiger partial charge in [0.2, 0.25) is 0 Å².